The van der Waals surface area contributed by atoms with Crippen LogP contribution in [0.4, 0.5) is 5.69 Å². The van der Waals surface area contributed by atoms with Crippen LogP contribution in [0.3, 0.4) is 0 Å². The molecule has 0 saturated heterocycles. The van der Waals surface area contributed by atoms with Gasteiger partial charge in [-0.1, -0.05) is 6.92 Å². The van der Waals surface area contributed by atoms with Crippen LogP contribution in [0.1, 0.15) is 18.2 Å². The molecule has 1 aromatic heterocycles. The van der Waals surface area contributed by atoms with Gasteiger partial charge in [0.05, 0.1) is 24.7 Å². The summed E-state index contributed by atoms with van der Waals surface area (Å²) in [6.45, 7) is 4.08. The van der Waals surface area contributed by atoms with Crippen LogP contribution in [0.25, 0.3) is 11.4 Å². The maximum absolute atomic E-state index is 5.34. The number of ether oxygens (including phenoxy) is 1. The molecule has 0 atom stereocenters. The molecular formula is C15H19N3O. The van der Waals surface area contributed by atoms with Crippen molar-refractivity contribution >= 4 is 5.69 Å². The number of hydrogen-bond donors (Lipinski definition) is 1. The molecule has 0 bridgehead atoms. The van der Waals surface area contributed by atoms with Gasteiger partial charge in [0.15, 0.2) is 5.82 Å². The Labute approximate surface area is 113 Å². The number of hydrogen-bond acceptors (Lipinski definition) is 4. The zero-order chi connectivity index (χ0) is 13.8. The number of nitrogens with one attached hydrogen (secondary N) is 1. The molecule has 19 heavy (non-hydrogen) atoms. The van der Waals surface area contributed by atoms with Gasteiger partial charge in [0, 0.05) is 12.6 Å². The van der Waals surface area contributed by atoms with Gasteiger partial charge < -0.3 is 10.1 Å². The number of benzene rings is 1. The van der Waals surface area contributed by atoms with Crippen LogP contribution >= 0.6 is 0 Å². The molecule has 0 saturated carbocycles. The standard InChI is InChI=1S/C15H19N3O/c1-5-11-8-12(6-7-14(11)19-4)15-17-9-13(16-3)10(2)18-15/h6-9,16H,5H2,1-4H3. The monoisotopic (exact) mass is 257 g/mol. The molecule has 0 aliphatic rings. The van der Waals surface area contributed by atoms with Crippen molar-refractivity contribution in [2.24, 2.45) is 0 Å². The highest BCUT2D eigenvalue weighted by molar-refractivity contribution is 5.60. The Balaban J connectivity index is 2.44. The molecule has 1 aromatic carbocycles. The molecule has 1 N–H and O–H groups in total. The molecule has 4 heteroatoms. The van der Waals surface area contributed by atoms with Gasteiger partial charge in [0.25, 0.3) is 0 Å². The molecule has 100 valence electrons. The molecule has 0 amide bonds. The molecule has 0 aliphatic heterocycles. The fourth-order valence-corrected chi connectivity index (χ4v) is 2.05. The number of anilines is 1. The Bertz CT molecular complexity index is 582. The van der Waals surface area contributed by atoms with E-state index in [1.807, 2.05) is 32.3 Å². The van der Waals surface area contributed by atoms with Gasteiger partial charge in [-0.3, -0.25) is 0 Å². The zero-order valence-electron chi connectivity index (χ0n) is 11.8. The maximum atomic E-state index is 5.34. The minimum Gasteiger partial charge on any atom is -0.496 e. The van der Waals surface area contributed by atoms with E-state index in [2.05, 4.69) is 28.3 Å². The normalized spacial score (nSPS) is 10.3. The number of aryl methyl sites for hydroxylation is 2. The lowest BCUT2D eigenvalue weighted by atomic mass is 10.1. The summed E-state index contributed by atoms with van der Waals surface area (Å²) < 4.78 is 5.34. The van der Waals surface area contributed by atoms with Crippen molar-refractivity contribution in [3.05, 3.63) is 35.7 Å². The van der Waals surface area contributed by atoms with E-state index in [1.165, 1.54) is 5.56 Å². The lowest BCUT2D eigenvalue weighted by Gasteiger charge is -2.10. The third kappa shape index (κ3) is 2.67. The van der Waals surface area contributed by atoms with E-state index in [0.29, 0.717) is 0 Å². The molecule has 0 radical (unpaired) electrons. The maximum Gasteiger partial charge on any atom is 0.159 e. The smallest absolute Gasteiger partial charge is 0.159 e. The second-order valence-corrected chi connectivity index (χ2v) is 4.32. The summed E-state index contributed by atoms with van der Waals surface area (Å²) in [5, 5.41) is 3.07. The van der Waals surface area contributed by atoms with Gasteiger partial charge >= 0.3 is 0 Å². The van der Waals surface area contributed by atoms with Crippen LogP contribution in [0.2, 0.25) is 0 Å². The highest BCUT2D eigenvalue weighted by atomic mass is 16.5. The zero-order valence-corrected chi connectivity index (χ0v) is 11.8. The highest BCUT2D eigenvalue weighted by Gasteiger charge is 2.08. The molecule has 0 unspecified atom stereocenters. The van der Waals surface area contributed by atoms with Crippen molar-refractivity contribution < 1.29 is 4.74 Å². The van der Waals surface area contributed by atoms with Crippen LogP contribution in [-0.4, -0.2) is 24.1 Å². The minimum atomic E-state index is 0.744. The molecule has 1 heterocycles. The summed E-state index contributed by atoms with van der Waals surface area (Å²) in [6.07, 6.45) is 2.73. The fourth-order valence-electron chi connectivity index (χ4n) is 2.05. The van der Waals surface area contributed by atoms with Gasteiger partial charge in [-0.05, 0) is 37.1 Å². The Morgan fingerprint density at radius 1 is 1.32 bits per heavy atom. The second kappa shape index (κ2) is 5.69. The first-order valence-corrected chi connectivity index (χ1v) is 6.38. The summed E-state index contributed by atoms with van der Waals surface area (Å²) in [4.78, 5) is 8.93. The summed E-state index contributed by atoms with van der Waals surface area (Å²) in [5.41, 5.74) is 4.08. The van der Waals surface area contributed by atoms with Gasteiger partial charge in [-0.2, -0.15) is 0 Å². The van der Waals surface area contributed by atoms with Crippen molar-refractivity contribution in [1.82, 2.24) is 9.97 Å². The topological polar surface area (TPSA) is 47.0 Å². The van der Waals surface area contributed by atoms with Gasteiger partial charge in [-0.15, -0.1) is 0 Å². The molecule has 0 aliphatic carbocycles. The third-order valence-corrected chi connectivity index (χ3v) is 3.17. The van der Waals surface area contributed by atoms with Gasteiger partial charge in [0.2, 0.25) is 0 Å². The van der Waals surface area contributed by atoms with E-state index in [-0.39, 0.29) is 0 Å². The van der Waals surface area contributed by atoms with E-state index in [9.17, 15) is 0 Å². The van der Waals surface area contributed by atoms with E-state index in [1.54, 1.807) is 7.11 Å². The van der Waals surface area contributed by atoms with Crippen LogP contribution in [0, 0.1) is 6.92 Å². The average molecular weight is 257 g/mol. The fraction of sp³-hybridized carbons (Fsp3) is 0.333. The average Bonchev–Trinajstić information content (AvgIpc) is 2.46. The van der Waals surface area contributed by atoms with Crippen LogP contribution in [0.5, 0.6) is 5.75 Å². The first kappa shape index (κ1) is 13.3. The Morgan fingerprint density at radius 3 is 2.68 bits per heavy atom. The van der Waals surface area contributed by atoms with E-state index >= 15 is 0 Å². The predicted octanol–water partition coefficient (Wildman–Crippen LogP) is 3.06. The highest BCUT2D eigenvalue weighted by Crippen LogP contribution is 2.25. The minimum absolute atomic E-state index is 0.744. The van der Waals surface area contributed by atoms with Crippen LogP contribution in [-0.2, 0) is 6.42 Å². The van der Waals surface area contributed by atoms with Crippen molar-refractivity contribution in [1.29, 1.82) is 0 Å². The quantitative estimate of drug-likeness (QED) is 0.914. The lowest BCUT2D eigenvalue weighted by molar-refractivity contribution is 0.410. The number of nitrogens with zero attached hydrogens (tertiary/aromatic N) is 2. The van der Waals surface area contributed by atoms with E-state index < -0.39 is 0 Å². The Hall–Kier alpha value is -2.10. The summed E-state index contributed by atoms with van der Waals surface area (Å²) in [5.74, 6) is 1.66. The molecule has 0 spiro atoms. The number of methoxy groups -OCH3 is 1. The van der Waals surface area contributed by atoms with E-state index in [4.69, 9.17) is 4.74 Å². The van der Waals surface area contributed by atoms with Crippen molar-refractivity contribution in [3.63, 3.8) is 0 Å². The van der Waals surface area contributed by atoms with Crippen LogP contribution in [0.15, 0.2) is 24.4 Å². The second-order valence-electron chi connectivity index (χ2n) is 4.32. The summed E-state index contributed by atoms with van der Waals surface area (Å²) in [6, 6.07) is 6.05. The van der Waals surface area contributed by atoms with Gasteiger partial charge in [0.1, 0.15) is 5.75 Å². The molecular weight excluding hydrogens is 238 g/mol. The molecule has 2 aromatic rings. The molecule has 2 rings (SSSR count). The van der Waals surface area contributed by atoms with Crippen molar-refractivity contribution in [2.75, 3.05) is 19.5 Å². The predicted molar refractivity (Wildman–Crippen MR) is 77.7 cm³/mol. The summed E-state index contributed by atoms with van der Waals surface area (Å²) in [7, 11) is 3.56. The molecule has 4 nitrogen and oxygen atoms in total. The molecule has 0 fully saturated rings. The van der Waals surface area contributed by atoms with E-state index in [0.717, 1.165) is 34.9 Å². The largest absolute Gasteiger partial charge is 0.496 e. The van der Waals surface area contributed by atoms with Crippen LogP contribution < -0.4 is 10.1 Å². The lowest BCUT2D eigenvalue weighted by Crippen LogP contribution is -1.99. The SMILES string of the molecule is CCc1cc(-c2ncc(NC)c(C)n2)ccc1OC. The Kier molecular flexibility index (Phi) is 4.00. The Morgan fingerprint density at radius 2 is 2.11 bits per heavy atom. The number of aromatic nitrogens is 2. The third-order valence-electron chi connectivity index (χ3n) is 3.17. The van der Waals surface area contributed by atoms with Crippen molar-refractivity contribution in [3.8, 4) is 17.1 Å². The summed E-state index contributed by atoms with van der Waals surface area (Å²) >= 11 is 0. The van der Waals surface area contributed by atoms with Gasteiger partial charge in [-0.25, -0.2) is 9.97 Å². The first-order chi connectivity index (χ1) is 9.19. The number of rotatable bonds is 4. The van der Waals surface area contributed by atoms with Crippen molar-refractivity contribution in [2.45, 2.75) is 20.3 Å². The first-order valence-electron chi connectivity index (χ1n) is 6.38.